The van der Waals surface area contributed by atoms with Gasteiger partial charge in [0.25, 0.3) is 10.0 Å². The third-order valence-electron chi connectivity index (χ3n) is 3.29. The Kier molecular flexibility index (Phi) is 3.91. The maximum Gasteiger partial charge on any atom is 0.303 e. The normalized spacial score (nSPS) is 20.8. The molecule has 1 saturated heterocycles. The zero-order valence-electron chi connectivity index (χ0n) is 10.7. The second-order valence-corrected chi connectivity index (χ2v) is 6.54. The highest BCUT2D eigenvalue weighted by molar-refractivity contribution is 7.89. The summed E-state index contributed by atoms with van der Waals surface area (Å²) in [4.78, 5) is 14.5. The number of aryl methyl sites for hydroxylation is 1. The largest absolute Gasteiger partial charge is 0.481 e. The maximum atomic E-state index is 12.3. The monoisotopic (exact) mass is 287 g/mol. The molecule has 0 spiro atoms. The van der Waals surface area contributed by atoms with Crippen LogP contribution in [0.25, 0.3) is 0 Å². The summed E-state index contributed by atoms with van der Waals surface area (Å²) in [5, 5.41) is 8.76. The summed E-state index contributed by atoms with van der Waals surface area (Å²) in [6.07, 6.45) is 3.58. The summed E-state index contributed by atoms with van der Waals surface area (Å²) in [6.45, 7) is 3.17. The van der Waals surface area contributed by atoms with Crippen molar-refractivity contribution in [1.82, 2.24) is 13.9 Å². The summed E-state index contributed by atoms with van der Waals surface area (Å²) in [7, 11) is -3.59. The molecule has 106 valence electrons. The minimum Gasteiger partial charge on any atom is -0.481 e. The molecular weight excluding hydrogens is 270 g/mol. The average molecular weight is 287 g/mol. The smallest absolute Gasteiger partial charge is 0.303 e. The van der Waals surface area contributed by atoms with Crippen molar-refractivity contribution >= 4 is 16.0 Å². The fourth-order valence-electron chi connectivity index (χ4n) is 2.21. The van der Waals surface area contributed by atoms with Crippen LogP contribution < -0.4 is 0 Å². The zero-order chi connectivity index (χ0) is 14.0. The van der Waals surface area contributed by atoms with Crippen molar-refractivity contribution in [3.05, 3.63) is 12.5 Å². The second kappa shape index (κ2) is 5.30. The van der Waals surface area contributed by atoms with Gasteiger partial charge in [-0.05, 0) is 19.3 Å². The van der Waals surface area contributed by atoms with Gasteiger partial charge >= 0.3 is 5.97 Å². The van der Waals surface area contributed by atoms with Gasteiger partial charge in [-0.2, -0.15) is 4.31 Å². The van der Waals surface area contributed by atoms with E-state index in [1.807, 2.05) is 6.92 Å². The average Bonchev–Trinajstić information content (AvgIpc) is 2.96. The summed E-state index contributed by atoms with van der Waals surface area (Å²) in [5.41, 5.74) is 0. The van der Waals surface area contributed by atoms with Crippen molar-refractivity contribution in [2.75, 3.05) is 13.1 Å². The lowest BCUT2D eigenvalue weighted by atomic mass is 10.1. The first-order valence-corrected chi connectivity index (χ1v) is 7.61. The molecule has 1 N–H and O–H groups in total. The molecule has 19 heavy (non-hydrogen) atoms. The fourth-order valence-corrected chi connectivity index (χ4v) is 3.67. The van der Waals surface area contributed by atoms with Crippen molar-refractivity contribution in [1.29, 1.82) is 0 Å². The van der Waals surface area contributed by atoms with E-state index in [-0.39, 0.29) is 23.9 Å². The van der Waals surface area contributed by atoms with Crippen LogP contribution in [-0.4, -0.2) is 46.4 Å². The minimum absolute atomic E-state index is 0.00935. The Balaban J connectivity index is 2.11. The van der Waals surface area contributed by atoms with Gasteiger partial charge in [0, 0.05) is 32.3 Å². The lowest BCUT2D eigenvalue weighted by Crippen LogP contribution is -2.29. The van der Waals surface area contributed by atoms with Crippen LogP contribution >= 0.6 is 0 Å². The Labute approximate surface area is 111 Å². The lowest BCUT2D eigenvalue weighted by Gasteiger charge is -2.14. The number of hydrogen-bond acceptors (Lipinski definition) is 4. The molecule has 2 heterocycles. The van der Waals surface area contributed by atoms with Crippen LogP contribution in [0.5, 0.6) is 0 Å². The van der Waals surface area contributed by atoms with Crippen LogP contribution in [0.4, 0.5) is 0 Å². The molecule has 7 nitrogen and oxygen atoms in total. The fraction of sp³-hybridized carbons (Fsp3) is 0.636. The lowest BCUT2D eigenvalue weighted by molar-refractivity contribution is -0.137. The Bertz CT molecular complexity index is 566. The number of hydrogen-bond donors (Lipinski definition) is 1. The predicted molar refractivity (Wildman–Crippen MR) is 67.0 cm³/mol. The molecule has 8 heteroatoms. The topological polar surface area (TPSA) is 92.5 Å². The maximum absolute atomic E-state index is 12.3. The molecule has 0 aromatic carbocycles. The first kappa shape index (κ1) is 14.0. The zero-order valence-corrected chi connectivity index (χ0v) is 11.5. The standard InChI is InChI=1S/C11H17N3O4S/c1-2-13-7-10(12-8-13)19(17,18)14-4-3-9(6-14)5-11(15)16/h7-9H,2-6H2,1H3,(H,15,16). The molecule has 0 bridgehead atoms. The molecule has 1 unspecified atom stereocenters. The van der Waals surface area contributed by atoms with Crippen LogP contribution in [0.15, 0.2) is 17.6 Å². The quantitative estimate of drug-likeness (QED) is 0.845. The summed E-state index contributed by atoms with van der Waals surface area (Å²) >= 11 is 0. The second-order valence-electron chi connectivity index (χ2n) is 4.66. The van der Waals surface area contributed by atoms with Crippen molar-refractivity contribution in [3.63, 3.8) is 0 Å². The van der Waals surface area contributed by atoms with Gasteiger partial charge in [0.2, 0.25) is 0 Å². The number of rotatable bonds is 5. The molecule has 0 saturated carbocycles. The van der Waals surface area contributed by atoms with Gasteiger partial charge in [0.1, 0.15) is 0 Å². The van der Waals surface area contributed by atoms with Gasteiger partial charge in [-0.15, -0.1) is 0 Å². The van der Waals surface area contributed by atoms with Crippen LogP contribution in [0, 0.1) is 5.92 Å². The van der Waals surface area contributed by atoms with E-state index >= 15 is 0 Å². The molecule has 1 aromatic heterocycles. The number of carboxylic acid groups (broad SMARTS) is 1. The summed E-state index contributed by atoms with van der Waals surface area (Å²) in [6, 6.07) is 0. The van der Waals surface area contributed by atoms with Gasteiger partial charge in [-0.1, -0.05) is 0 Å². The van der Waals surface area contributed by atoms with Gasteiger partial charge in [0.05, 0.1) is 6.33 Å². The molecule has 1 aliphatic heterocycles. The molecule has 1 fully saturated rings. The summed E-state index contributed by atoms with van der Waals surface area (Å²) in [5.74, 6) is -1.000. The molecule has 1 aromatic rings. The molecule has 0 aliphatic carbocycles. The van der Waals surface area contributed by atoms with Crippen molar-refractivity contribution < 1.29 is 18.3 Å². The van der Waals surface area contributed by atoms with Gasteiger partial charge < -0.3 is 9.67 Å². The third kappa shape index (κ3) is 2.95. The van der Waals surface area contributed by atoms with Crippen molar-refractivity contribution in [3.8, 4) is 0 Å². The van der Waals surface area contributed by atoms with Crippen molar-refractivity contribution in [2.45, 2.75) is 31.3 Å². The van der Waals surface area contributed by atoms with E-state index in [9.17, 15) is 13.2 Å². The highest BCUT2D eigenvalue weighted by Gasteiger charge is 2.34. The number of aromatic nitrogens is 2. The number of imidazole rings is 1. The third-order valence-corrected chi connectivity index (χ3v) is 5.04. The SMILES string of the molecule is CCn1cnc(S(=O)(=O)N2CCC(CC(=O)O)C2)c1. The molecule has 2 rings (SSSR count). The Morgan fingerprint density at radius 1 is 1.58 bits per heavy atom. The number of sulfonamides is 1. The van der Waals surface area contributed by atoms with Crippen LogP contribution in [0.3, 0.4) is 0 Å². The summed E-state index contributed by atoms with van der Waals surface area (Å²) < 4.78 is 27.6. The number of aliphatic carboxylic acids is 1. The Morgan fingerprint density at radius 3 is 2.89 bits per heavy atom. The van der Waals surface area contributed by atoms with E-state index in [0.717, 1.165) is 0 Å². The highest BCUT2D eigenvalue weighted by atomic mass is 32.2. The van der Waals surface area contributed by atoms with E-state index in [4.69, 9.17) is 5.11 Å². The van der Waals surface area contributed by atoms with Crippen molar-refractivity contribution in [2.24, 2.45) is 5.92 Å². The number of carbonyl (C=O) groups is 1. The molecule has 0 radical (unpaired) electrons. The van der Waals surface area contributed by atoms with E-state index in [1.54, 1.807) is 4.57 Å². The first-order chi connectivity index (χ1) is 8.93. The predicted octanol–water partition coefficient (Wildman–Crippen LogP) is 0.388. The van der Waals surface area contributed by atoms with E-state index in [0.29, 0.717) is 19.5 Å². The van der Waals surface area contributed by atoms with Gasteiger partial charge in [-0.25, -0.2) is 13.4 Å². The molecule has 1 atom stereocenters. The van der Waals surface area contributed by atoms with Gasteiger partial charge in [0.15, 0.2) is 5.03 Å². The Hall–Kier alpha value is -1.41. The first-order valence-electron chi connectivity index (χ1n) is 6.17. The minimum atomic E-state index is -3.59. The highest BCUT2D eigenvalue weighted by Crippen LogP contribution is 2.25. The van der Waals surface area contributed by atoms with Crippen LogP contribution in [-0.2, 0) is 21.4 Å². The number of carboxylic acids is 1. The molecular formula is C11H17N3O4S. The van der Waals surface area contributed by atoms with E-state index in [1.165, 1.54) is 16.8 Å². The van der Waals surface area contributed by atoms with E-state index in [2.05, 4.69) is 4.98 Å². The Morgan fingerprint density at radius 2 is 2.32 bits per heavy atom. The molecule has 0 amide bonds. The number of nitrogens with zero attached hydrogens (tertiary/aromatic N) is 3. The van der Waals surface area contributed by atoms with Crippen LogP contribution in [0.1, 0.15) is 19.8 Å². The van der Waals surface area contributed by atoms with Crippen LogP contribution in [0.2, 0.25) is 0 Å². The van der Waals surface area contributed by atoms with E-state index < -0.39 is 16.0 Å². The van der Waals surface area contributed by atoms with Gasteiger partial charge in [-0.3, -0.25) is 4.79 Å². The molecule has 1 aliphatic rings.